The lowest BCUT2D eigenvalue weighted by Crippen LogP contribution is -2.06. The summed E-state index contributed by atoms with van der Waals surface area (Å²) in [5, 5.41) is 11.2. The van der Waals surface area contributed by atoms with Crippen molar-refractivity contribution in [1.82, 2.24) is 4.98 Å². The highest BCUT2D eigenvalue weighted by Crippen LogP contribution is 2.31. The minimum absolute atomic E-state index is 0.00493. The lowest BCUT2D eigenvalue weighted by molar-refractivity contribution is -0.390. The van der Waals surface area contributed by atoms with Crippen LogP contribution in [-0.4, -0.2) is 9.91 Å². The Labute approximate surface area is 119 Å². The molecule has 0 fully saturated rings. The Morgan fingerprint density at radius 1 is 1.45 bits per heavy atom. The molecule has 1 heterocycles. The van der Waals surface area contributed by atoms with Crippen LogP contribution < -0.4 is 4.74 Å². The van der Waals surface area contributed by atoms with Crippen molar-refractivity contribution in [2.45, 2.75) is 13.0 Å². The van der Waals surface area contributed by atoms with E-state index in [1.54, 1.807) is 6.92 Å². The third-order valence-electron chi connectivity index (χ3n) is 2.62. The molecule has 0 radical (unpaired) electrons. The van der Waals surface area contributed by atoms with Crippen molar-refractivity contribution in [3.05, 3.63) is 63.0 Å². The molecule has 0 saturated carbocycles. The lowest BCUT2D eigenvalue weighted by atomic mass is 10.1. The first-order valence-corrected chi connectivity index (χ1v) is 6.08. The summed E-state index contributed by atoms with van der Waals surface area (Å²) < 4.78 is 18.7. The first kappa shape index (κ1) is 14.2. The fourth-order valence-electron chi connectivity index (χ4n) is 1.69. The van der Waals surface area contributed by atoms with Gasteiger partial charge in [0, 0.05) is 10.6 Å². The predicted octanol–water partition coefficient (Wildman–Crippen LogP) is 3.92. The van der Waals surface area contributed by atoms with Crippen molar-refractivity contribution in [2.24, 2.45) is 0 Å². The fraction of sp³-hybridized carbons (Fsp3) is 0.154. The van der Waals surface area contributed by atoms with Crippen LogP contribution in [0.4, 0.5) is 10.2 Å². The molecule has 0 aliphatic rings. The minimum Gasteiger partial charge on any atom is -0.478 e. The van der Waals surface area contributed by atoms with Gasteiger partial charge in [-0.2, -0.15) is 0 Å². The third-order valence-corrected chi connectivity index (χ3v) is 2.97. The molecule has 7 heteroatoms. The standard InChI is InChI=1S/C13H10ClFN2O3/c1-8(10-7-9(15)4-5-11(10)14)20-12-3-2-6-16-13(12)17(18)19/h2-8H,1H3. The van der Waals surface area contributed by atoms with Gasteiger partial charge >= 0.3 is 5.82 Å². The van der Waals surface area contributed by atoms with E-state index in [1.165, 1.54) is 36.5 Å². The van der Waals surface area contributed by atoms with Crippen molar-refractivity contribution in [3.8, 4) is 5.75 Å². The van der Waals surface area contributed by atoms with E-state index in [9.17, 15) is 14.5 Å². The van der Waals surface area contributed by atoms with Crippen molar-refractivity contribution >= 4 is 17.4 Å². The fourth-order valence-corrected chi connectivity index (χ4v) is 1.96. The van der Waals surface area contributed by atoms with E-state index in [4.69, 9.17) is 16.3 Å². The van der Waals surface area contributed by atoms with Crippen LogP contribution in [0.3, 0.4) is 0 Å². The number of benzene rings is 1. The van der Waals surface area contributed by atoms with Crippen LogP contribution in [0.5, 0.6) is 5.75 Å². The van der Waals surface area contributed by atoms with Crippen LogP contribution in [0, 0.1) is 15.9 Å². The number of aromatic nitrogens is 1. The van der Waals surface area contributed by atoms with Gasteiger partial charge in [-0.3, -0.25) is 0 Å². The summed E-state index contributed by atoms with van der Waals surface area (Å²) in [6.07, 6.45) is 0.645. The number of halogens is 2. The molecule has 0 N–H and O–H groups in total. The number of ether oxygens (including phenoxy) is 1. The Balaban J connectivity index is 2.30. The summed E-state index contributed by atoms with van der Waals surface area (Å²) in [6.45, 7) is 1.62. The van der Waals surface area contributed by atoms with E-state index in [1.807, 2.05) is 0 Å². The predicted molar refractivity (Wildman–Crippen MR) is 71.3 cm³/mol. The van der Waals surface area contributed by atoms with Crippen molar-refractivity contribution in [2.75, 3.05) is 0 Å². The van der Waals surface area contributed by atoms with E-state index in [0.717, 1.165) is 0 Å². The van der Waals surface area contributed by atoms with Gasteiger partial charge in [0.05, 0.1) is 0 Å². The largest absolute Gasteiger partial charge is 0.478 e. The highest BCUT2D eigenvalue weighted by molar-refractivity contribution is 6.31. The Bertz CT molecular complexity index is 651. The molecule has 0 aliphatic heterocycles. The lowest BCUT2D eigenvalue weighted by Gasteiger charge is -2.15. The Kier molecular flexibility index (Phi) is 4.14. The van der Waals surface area contributed by atoms with E-state index in [2.05, 4.69) is 4.98 Å². The second-order valence-corrected chi connectivity index (χ2v) is 4.42. The summed E-state index contributed by atoms with van der Waals surface area (Å²) in [4.78, 5) is 13.8. The van der Waals surface area contributed by atoms with Gasteiger partial charge in [0.15, 0.2) is 0 Å². The van der Waals surface area contributed by atoms with Crippen LogP contribution >= 0.6 is 11.6 Å². The minimum atomic E-state index is -0.652. The number of nitrogens with zero attached hydrogens (tertiary/aromatic N) is 2. The molecule has 2 rings (SSSR count). The molecule has 0 spiro atoms. The maximum atomic E-state index is 13.2. The molecule has 0 aliphatic carbocycles. The maximum Gasteiger partial charge on any atom is 0.406 e. The Hall–Kier alpha value is -2.21. The highest BCUT2D eigenvalue weighted by atomic mass is 35.5. The average Bonchev–Trinajstić information content (AvgIpc) is 2.41. The summed E-state index contributed by atoms with van der Waals surface area (Å²) in [6, 6.07) is 6.81. The Morgan fingerprint density at radius 2 is 2.20 bits per heavy atom. The third kappa shape index (κ3) is 3.03. The Morgan fingerprint density at radius 3 is 2.90 bits per heavy atom. The van der Waals surface area contributed by atoms with Gasteiger partial charge in [0.25, 0.3) is 0 Å². The summed E-state index contributed by atoms with van der Waals surface area (Å²) in [5.41, 5.74) is 0.407. The molecule has 1 unspecified atom stereocenters. The topological polar surface area (TPSA) is 65.3 Å². The molecule has 104 valence electrons. The highest BCUT2D eigenvalue weighted by Gasteiger charge is 2.20. The number of rotatable bonds is 4. The van der Waals surface area contributed by atoms with Crippen LogP contribution in [0.1, 0.15) is 18.6 Å². The van der Waals surface area contributed by atoms with Crippen LogP contribution in [0.25, 0.3) is 0 Å². The number of hydrogen-bond donors (Lipinski definition) is 0. The molecular weight excluding hydrogens is 287 g/mol. The first-order chi connectivity index (χ1) is 9.49. The van der Waals surface area contributed by atoms with E-state index < -0.39 is 22.7 Å². The molecule has 0 bridgehead atoms. The molecule has 1 aromatic carbocycles. The monoisotopic (exact) mass is 296 g/mol. The van der Waals surface area contributed by atoms with E-state index in [-0.39, 0.29) is 5.75 Å². The SMILES string of the molecule is CC(Oc1cccnc1[N+](=O)[O-])c1cc(F)ccc1Cl. The number of pyridine rings is 1. The van der Waals surface area contributed by atoms with Crippen molar-refractivity contribution in [3.63, 3.8) is 0 Å². The number of hydrogen-bond acceptors (Lipinski definition) is 4. The molecule has 1 aromatic heterocycles. The van der Waals surface area contributed by atoms with Crippen LogP contribution in [0.2, 0.25) is 5.02 Å². The molecule has 20 heavy (non-hydrogen) atoms. The van der Waals surface area contributed by atoms with Crippen LogP contribution in [-0.2, 0) is 0 Å². The van der Waals surface area contributed by atoms with Gasteiger partial charge in [-0.25, -0.2) is 4.39 Å². The maximum absolute atomic E-state index is 13.2. The number of nitro groups is 1. The second kappa shape index (κ2) is 5.83. The zero-order valence-corrected chi connectivity index (χ0v) is 11.2. The smallest absolute Gasteiger partial charge is 0.406 e. The zero-order chi connectivity index (χ0) is 14.7. The van der Waals surface area contributed by atoms with Gasteiger partial charge < -0.3 is 14.9 Å². The molecule has 2 aromatic rings. The summed E-state index contributed by atoms with van der Waals surface area (Å²) in [7, 11) is 0. The van der Waals surface area contributed by atoms with Gasteiger partial charge in [-0.1, -0.05) is 11.6 Å². The van der Waals surface area contributed by atoms with Gasteiger partial charge in [0.2, 0.25) is 5.75 Å². The molecular formula is C13H10ClFN2O3. The molecule has 1 atom stereocenters. The van der Waals surface area contributed by atoms with Gasteiger partial charge in [-0.15, -0.1) is 0 Å². The van der Waals surface area contributed by atoms with E-state index >= 15 is 0 Å². The molecule has 5 nitrogen and oxygen atoms in total. The molecule has 0 saturated heterocycles. The summed E-state index contributed by atoms with van der Waals surface area (Å²) in [5.74, 6) is -0.849. The quantitative estimate of drug-likeness (QED) is 0.633. The van der Waals surface area contributed by atoms with Gasteiger partial charge in [-0.05, 0) is 47.2 Å². The second-order valence-electron chi connectivity index (χ2n) is 4.01. The van der Waals surface area contributed by atoms with Crippen molar-refractivity contribution < 1.29 is 14.1 Å². The van der Waals surface area contributed by atoms with Gasteiger partial charge in [0.1, 0.15) is 18.1 Å². The zero-order valence-electron chi connectivity index (χ0n) is 10.4. The molecule has 0 amide bonds. The van der Waals surface area contributed by atoms with E-state index in [0.29, 0.717) is 10.6 Å². The average molecular weight is 297 g/mol. The normalized spacial score (nSPS) is 11.9. The first-order valence-electron chi connectivity index (χ1n) is 5.70. The summed E-state index contributed by atoms with van der Waals surface area (Å²) >= 11 is 5.96. The van der Waals surface area contributed by atoms with Crippen LogP contribution in [0.15, 0.2) is 36.5 Å². The van der Waals surface area contributed by atoms with Crippen molar-refractivity contribution in [1.29, 1.82) is 0 Å².